The zero-order chi connectivity index (χ0) is 17.1. The van der Waals surface area contributed by atoms with E-state index in [4.69, 9.17) is 0 Å². The Morgan fingerprint density at radius 1 is 1.25 bits per heavy atom. The predicted molar refractivity (Wildman–Crippen MR) is 96.5 cm³/mol. The highest BCUT2D eigenvalue weighted by molar-refractivity contribution is 6.03. The van der Waals surface area contributed by atoms with E-state index in [1.54, 1.807) is 12.4 Å². The predicted octanol–water partition coefficient (Wildman–Crippen LogP) is 3.58. The van der Waals surface area contributed by atoms with Crippen LogP contribution in [0.1, 0.15) is 41.4 Å². The minimum Gasteiger partial charge on any atom is -0.355 e. The molecule has 1 atom stereocenters. The summed E-state index contributed by atoms with van der Waals surface area (Å²) in [6, 6.07) is 5.86. The van der Waals surface area contributed by atoms with Gasteiger partial charge < -0.3 is 10.2 Å². The van der Waals surface area contributed by atoms with Crippen molar-refractivity contribution in [3.63, 3.8) is 0 Å². The van der Waals surface area contributed by atoms with Crippen molar-refractivity contribution in [3.05, 3.63) is 47.4 Å². The van der Waals surface area contributed by atoms with Crippen molar-refractivity contribution in [2.45, 2.75) is 33.6 Å². The van der Waals surface area contributed by atoms with E-state index in [-0.39, 0.29) is 5.91 Å². The van der Waals surface area contributed by atoms with E-state index in [0.717, 1.165) is 35.7 Å². The molecule has 1 N–H and O–H groups in total. The first-order valence-electron chi connectivity index (χ1n) is 8.49. The molecule has 5 nitrogen and oxygen atoms in total. The number of carbonyl (C=O) groups excluding carboxylic acids is 1. The Hall–Kier alpha value is -2.43. The number of amides is 1. The number of anilines is 2. The molecule has 3 rings (SSSR count). The Morgan fingerprint density at radius 2 is 2.08 bits per heavy atom. The molecule has 0 radical (unpaired) electrons. The Kier molecular flexibility index (Phi) is 4.79. The number of aromatic nitrogens is 2. The SMILES string of the molecule is Cc1cccc(NC(=O)c2cnc(N3CCCC(C)C3)cn2)c1C. The average Bonchev–Trinajstić information content (AvgIpc) is 2.59. The maximum absolute atomic E-state index is 12.4. The summed E-state index contributed by atoms with van der Waals surface area (Å²) in [5.41, 5.74) is 3.37. The van der Waals surface area contributed by atoms with Gasteiger partial charge in [0.1, 0.15) is 11.5 Å². The number of rotatable bonds is 3. The van der Waals surface area contributed by atoms with E-state index in [1.165, 1.54) is 12.8 Å². The molecule has 2 heterocycles. The van der Waals surface area contributed by atoms with E-state index in [0.29, 0.717) is 11.6 Å². The number of hydrogen-bond acceptors (Lipinski definition) is 4. The molecule has 1 aromatic carbocycles. The second-order valence-corrected chi connectivity index (χ2v) is 6.65. The fourth-order valence-corrected chi connectivity index (χ4v) is 3.07. The van der Waals surface area contributed by atoms with Crippen LogP contribution in [0.15, 0.2) is 30.6 Å². The standard InChI is InChI=1S/C19H24N4O/c1-13-6-5-9-23(12-13)18-11-20-17(10-21-18)19(24)22-16-8-4-7-14(2)15(16)3/h4,7-8,10-11,13H,5-6,9,12H2,1-3H3,(H,22,24). The molecule has 1 unspecified atom stereocenters. The first-order chi connectivity index (χ1) is 11.5. The third-order valence-electron chi connectivity index (χ3n) is 4.70. The van der Waals surface area contributed by atoms with Gasteiger partial charge in [0.15, 0.2) is 0 Å². The van der Waals surface area contributed by atoms with Crippen LogP contribution in [-0.2, 0) is 0 Å². The maximum Gasteiger partial charge on any atom is 0.275 e. The van der Waals surface area contributed by atoms with Crippen LogP contribution in [0.4, 0.5) is 11.5 Å². The number of nitrogens with one attached hydrogen (secondary N) is 1. The largest absolute Gasteiger partial charge is 0.355 e. The molecule has 126 valence electrons. The molecule has 1 fully saturated rings. The number of nitrogens with zero attached hydrogens (tertiary/aromatic N) is 3. The quantitative estimate of drug-likeness (QED) is 0.937. The Bertz CT molecular complexity index is 727. The molecule has 1 aliphatic heterocycles. The third-order valence-corrected chi connectivity index (χ3v) is 4.70. The lowest BCUT2D eigenvalue weighted by molar-refractivity contribution is 0.102. The lowest BCUT2D eigenvalue weighted by atomic mass is 10.0. The van der Waals surface area contributed by atoms with E-state index in [9.17, 15) is 4.79 Å². The Balaban J connectivity index is 1.71. The van der Waals surface area contributed by atoms with E-state index >= 15 is 0 Å². The monoisotopic (exact) mass is 324 g/mol. The average molecular weight is 324 g/mol. The van der Waals surface area contributed by atoms with Crippen LogP contribution in [0.5, 0.6) is 0 Å². The van der Waals surface area contributed by atoms with Crippen LogP contribution in [0.25, 0.3) is 0 Å². The summed E-state index contributed by atoms with van der Waals surface area (Å²) in [6.07, 6.45) is 5.71. The van der Waals surface area contributed by atoms with Crippen molar-refractivity contribution in [2.24, 2.45) is 5.92 Å². The Morgan fingerprint density at radius 3 is 2.79 bits per heavy atom. The van der Waals surface area contributed by atoms with Gasteiger partial charge in [-0.1, -0.05) is 19.1 Å². The number of benzene rings is 1. The summed E-state index contributed by atoms with van der Waals surface area (Å²) in [4.78, 5) is 23.4. The van der Waals surface area contributed by atoms with Gasteiger partial charge >= 0.3 is 0 Å². The first-order valence-corrected chi connectivity index (χ1v) is 8.49. The lowest BCUT2D eigenvalue weighted by Crippen LogP contribution is -2.35. The van der Waals surface area contributed by atoms with Gasteiger partial charge in [-0.25, -0.2) is 9.97 Å². The van der Waals surface area contributed by atoms with Gasteiger partial charge in [-0.3, -0.25) is 4.79 Å². The number of hydrogen-bond donors (Lipinski definition) is 1. The summed E-state index contributed by atoms with van der Waals surface area (Å²) in [6.45, 7) is 8.29. The van der Waals surface area contributed by atoms with Crippen molar-refractivity contribution in [3.8, 4) is 0 Å². The molecule has 2 aromatic rings. The minimum absolute atomic E-state index is 0.227. The second kappa shape index (κ2) is 6.99. The molecule has 0 spiro atoms. The zero-order valence-corrected chi connectivity index (χ0v) is 14.5. The molecule has 1 amide bonds. The number of aryl methyl sites for hydroxylation is 1. The summed E-state index contributed by atoms with van der Waals surface area (Å²) in [5, 5.41) is 2.92. The minimum atomic E-state index is -0.227. The van der Waals surface area contributed by atoms with Crippen molar-refractivity contribution >= 4 is 17.4 Å². The summed E-state index contributed by atoms with van der Waals surface area (Å²) in [5.74, 6) is 1.30. The smallest absolute Gasteiger partial charge is 0.275 e. The van der Waals surface area contributed by atoms with Crippen molar-refractivity contribution in [1.82, 2.24) is 9.97 Å². The molecular formula is C19H24N4O. The van der Waals surface area contributed by atoms with E-state index < -0.39 is 0 Å². The molecular weight excluding hydrogens is 300 g/mol. The molecule has 5 heteroatoms. The van der Waals surface area contributed by atoms with Gasteiger partial charge in [0, 0.05) is 18.8 Å². The van der Waals surface area contributed by atoms with Crippen molar-refractivity contribution < 1.29 is 4.79 Å². The van der Waals surface area contributed by atoms with Crippen LogP contribution in [0, 0.1) is 19.8 Å². The summed E-state index contributed by atoms with van der Waals surface area (Å²) >= 11 is 0. The van der Waals surface area contributed by atoms with Gasteiger partial charge in [-0.2, -0.15) is 0 Å². The van der Waals surface area contributed by atoms with E-state index in [1.807, 2.05) is 32.0 Å². The van der Waals surface area contributed by atoms with Gasteiger partial charge in [0.05, 0.1) is 12.4 Å². The summed E-state index contributed by atoms with van der Waals surface area (Å²) < 4.78 is 0. The van der Waals surface area contributed by atoms with Gasteiger partial charge in [-0.15, -0.1) is 0 Å². The number of carbonyl (C=O) groups is 1. The van der Waals surface area contributed by atoms with Crippen molar-refractivity contribution in [2.75, 3.05) is 23.3 Å². The molecule has 24 heavy (non-hydrogen) atoms. The number of piperidine rings is 1. The molecule has 0 saturated carbocycles. The fourth-order valence-electron chi connectivity index (χ4n) is 3.07. The van der Waals surface area contributed by atoms with Crippen LogP contribution in [0.2, 0.25) is 0 Å². The van der Waals surface area contributed by atoms with Crippen LogP contribution >= 0.6 is 0 Å². The lowest BCUT2D eigenvalue weighted by Gasteiger charge is -2.31. The second-order valence-electron chi connectivity index (χ2n) is 6.65. The fraction of sp³-hybridized carbons (Fsp3) is 0.421. The Labute approximate surface area is 143 Å². The van der Waals surface area contributed by atoms with Crippen LogP contribution in [0.3, 0.4) is 0 Å². The highest BCUT2D eigenvalue weighted by Crippen LogP contribution is 2.21. The molecule has 0 bridgehead atoms. The molecule has 0 aliphatic carbocycles. The highest BCUT2D eigenvalue weighted by Gasteiger charge is 2.18. The van der Waals surface area contributed by atoms with Gasteiger partial charge in [-0.05, 0) is 49.8 Å². The molecule has 1 aromatic heterocycles. The molecule has 1 aliphatic rings. The van der Waals surface area contributed by atoms with Crippen molar-refractivity contribution in [1.29, 1.82) is 0 Å². The molecule has 1 saturated heterocycles. The first kappa shape index (κ1) is 16.4. The maximum atomic E-state index is 12.4. The zero-order valence-electron chi connectivity index (χ0n) is 14.5. The van der Waals surface area contributed by atoms with Gasteiger partial charge in [0.25, 0.3) is 5.91 Å². The topological polar surface area (TPSA) is 58.1 Å². The third kappa shape index (κ3) is 3.55. The van der Waals surface area contributed by atoms with E-state index in [2.05, 4.69) is 27.1 Å². The normalized spacial score (nSPS) is 17.6. The van der Waals surface area contributed by atoms with Crippen LogP contribution < -0.4 is 10.2 Å². The highest BCUT2D eigenvalue weighted by atomic mass is 16.1. The van der Waals surface area contributed by atoms with Gasteiger partial charge in [0.2, 0.25) is 0 Å². The summed E-state index contributed by atoms with van der Waals surface area (Å²) in [7, 11) is 0. The van der Waals surface area contributed by atoms with Crippen LogP contribution in [-0.4, -0.2) is 29.0 Å².